The summed E-state index contributed by atoms with van der Waals surface area (Å²) in [6.07, 6.45) is 0. The maximum absolute atomic E-state index is 0. The average molecular weight is 255 g/mol. The average Bonchev–Trinajstić information content (AvgIpc) is 0. The molecule has 0 spiro atoms. The van der Waals surface area contributed by atoms with E-state index in [1.165, 1.54) is 0 Å². The van der Waals surface area contributed by atoms with Crippen LogP contribution in [-0.2, 0) is 34.1 Å². The molecule has 0 aromatic heterocycles. The SMILES string of the molecule is P.P.[CH3-].[CH3-].[CH3-].[CH3-].[Cu+].[Cu]. The van der Waals surface area contributed by atoms with Gasteiger partial charge in [-0.05, 0) is 0 Å². The zero-order valence-electron chi connectivity index (χ0n) is 6.02. The summed E-state index contributed by atoms with van der Waals surface area (Å²) in [5.74, 6) is 0. The van der Waals surface area contributed by atoms with Crippen LogP contribution in [0.25, 0.3) is 0 Å². The Morgan fingerprint density at radius 3 is 0.500 bits per heavy atom. The molecular formula is C4H18Cu2P2-3. The molecule has 0 aromatic rings. The predicted octanol–water partition coefficient (Wildman–Crippen LogP) is 1.91. The van der Waals surface area contributed by atoms with Crippen LogP contribution in [0.1, 0.15) is 0 Å². The zero-order valence-corrected chi connectivity index (χ0v) is 10.7. The Morgan fingerprint density at radius 1 is 0.500 bits per heavy atom. The van der Waals surface area contributed by atoms with E-state index in [0.29, 0.717) is 0 Å². The number of rotatable bonds is 0. The summed E-state index contributed by atoms with van der Waals surface area (Å²) in [5.41, 5.74) is 0. The van der Waals surface area contributed by atoms with E-state index in [2.05, 4.69) is 0 Å². The van der Waals surface area contributed by atoms with Gasteiger partial charge in [0.15, 0.2) is 0 Å². The molecule has 69 valence electrons. The fourth-order valence-electron chi connectivity index (χ4n) is 0. The molecule has 0 saturated heterocycles. The molecule has 0 aliphatic rings. The normalized spacial score (nSPS) is 0. The van der Waals surface area contributed by atoms with Crippen LogP contribution in [-0.4, -0.2) is 0 Å². The van der Waals surface area contributed by atoms with Crippen molar-refractivity contribution in [1.82, 2.24) is 0 Å². The monoisotopic (exact) mass is 254 g/mol. The van der Waals surface area contributed by atoms with Gasteiger partial charge in [0.25, 0.3) is 0 Å². The van der Waals surface area contributed by atoms with Crippen LogP contribution in [0, 0.1) is 29.7 Å². The van der Waals surface area contributed by atoms with Crippen molar-refractivity contribution in [2.45, 2.75) is 0 Å². The van der Waals surface area contributed by atoms with Gasteiger partial charge in [-0.15, -0.1) is 0 Å². The Balaban J connectivity index is 0. The third-order valence-electron chi connectivity index (χ3n) is 0. The van der Waals surface area contributed by atoms with E-state index in [0.717, 1.165) is 0 Å². The summed E-state index contributed by atoms with van der Waals surface area (Å²) in [6, 6.07) is 0. The van der Waals surface area contributed by atoms with Crippen molar-refractivity contribution in [2.24, 2.45) is 0 Å². The Bertz CT molecular complexity index is 12.0. The molecule has 4 heteroatoms. The minimum Gasteiger partial charge on any atom is -0.358 e. The summed E-state index contributed by atoms with van der Waals surface area (Å²) >= 11 is 0. The van der Waals surface area contributed by atoms with Crippen LogP contribution in [0.15, 0.2) is 0 Å². The molecule has 0 aliphatic heterocycles. The van der Waals surface area contributed by atoms with Gasteiger partial charge in [-0.3, -0.25) is 0 Å². The van der Waals surface area contributed by atoms with Gasteiger partial charge in [-0.1, -0.05) is 0 Å². The zero-order chi connectivity index (χ0) is 0. The molecule has 0 bridgehead atoms. The van der Waals surface area contributed by atoms with Crippen molar-refractivity contribution >= 4 is 19.8 Å². The van der Waals surface area contributed by atoms with Crippen molar-refractivity contribution in [3.8, 4) is 0 Å². The summed E-state index contributed by atoms with van der Waals surface area (Å²) in [5, 5.41) is 0. The van der Waals surface area contributed by atoms with E-state index in [9.17, 15) is 0 Å². The topological polar surface area (TPSA) is 0 Å². The number of hydrogen-bond acceptors (Lipinski definition) is 0. The minimum atomic E-state index is 0. The molecule has 8 heavy (non-hydrogen) atoms. The van der Waals surface area contributed by atoms with Gasteiger partial charge in [0.05, 0.1) is 0 Å². The Labute approximate surface area is 83.5 Å². The first kappa shape index (κ1) is 217. The van der Waals surface area contributed by atoms with Crippen molar-refractivity contribution in [1.29, 1.82) is 0 Å². The minimum absolute atomic E-state index is 0. The van der Waals surface area contributed by atoms with Crippen molar-refractivity contribution < 1.29 is 34.1 Å². The van der Waals surface area contributed by atoms with Crippen molar-refractivity contribution in [2.75, 3.05) is 0 Å². The second kappa shape index (κ2) is 154. The van der Waals surface area contributed by atoms with Gasteiger partial charge >= 0.3 is 17.1 Å². The maximum Gasteiger partial charge on any atom is 1.00 e. The van der Waals surface area contributed by atoms with E-state index >= 15 is 0 Å². The molecular weight excluding hydrogens is 237 g/mol. The summed E-state index contributed by atoms with van der Waals surface area (Å²) in [6.45, 7) is 0. The van der Waals surface area contributed by atoms with Crippen LogP contribution < -0.4 is 0 Å². The second-order valence-corrected chi connectivity index (χ2v) is 0. The fourth-order valence-corrected chi connectivity index (χ4v) is 0. The van der Waals surface area contributed by atoms with E-state index in [1.807, 2.05) is 0 Å². The largest absolute Gasteiger partial charge is 1.00 e. The molecule has 0 fully saturated rings. The van der Waals surface area contributed by atoms with Crippen LogP contribution in [0.3, 0.4) is 0 Å². The van der Waals surface area contributed by atoms with Gasteiger partial charge in [0.2, 0.25) is 0 Å². The Hall–Kier alpha value is 1.90. The van der Waals surface area contributed by atoms with E-state index in [4.69, 9.17) is 0 Å². The van der Waals surface area contributed by atoms with Gasteiger partial charge in [-0.25, -0.2) is 0 Å². The third-order valence-corrected chi connectivity index (χ3v) is 0. The van der Waals surface area contributed by atoms with Gasteiger partial charge < -0.3 is 29.7 Å². The molecule has 2 atom stereocenters. The molecule has 0 heterocycles. The fraction of sp³-hybridized carbons (Fsp3) is 0. The van der Waals surface area contributed by atoms with Crippen LogP contribution in [0.5, 0.6) is 0 Å². The van der Waals surface area contributed by atoms with E-state index < -0.39 is 0 Å². The Kier molecular flexibility index (Phi) is 4180. The molecule has 0 N–H and O–H groups in total. The van der Waals surface area contributed by atoms with E-state index in [1.54, 1.807) is 0 Å². The first-order chi connectivity index (χ1) is 0. The number of hydrogen-bond donors (Lipinski definition) is 0. The third kappa shape index (κ3) is 104. The van der Waals surface area contributed by atoms with Gasteiger partial charge in [-0.2, -0.15) is 19.8 Å². The van der Waals surface area contributed by atoms with Crippen LogP contribution in [0.2, 0.25) is 0 Å². The van der Waals surface area contributed by atoms with Crippen molar-refractivity contribution in [3.63, 3.8) is 0 Å². The predicted molar refractivity (Wildman–Crippen MR) is 47.9 cm³/mol. The first-order valence-corrected chi connectivity index (χ1v) is 0. The van der Waals surface area contributed by atoms with E-state index in [-0.39, 0.29) is 83.6 Å². The molecule has 0 rings (SSSR count). The molecule has 0 nitrogen and oxygen atoms in total. The quantitative estimate of drug-likeness (QED) is 0.352. The molecule has 0 aliphatic carbocycles. The molecule has 1 radical (unpaired) electrons. The molecule has 0 saturated carbocycles. The van der Waals surface area contributed by atoms with Crippen LogP contribution in [0.4, 0.5) is 0 Å². The van der Waals surface area contributed by atoms with Crippen LogP contribution >= 0.6 is 19.8 Å². The summed E-state index contributed by atoms with van der Waals surface area (Å²) in [4.78, 5) is 0. The second-order valence-electron chi connectivity index (χ2n) is 0. The standard InChI is InChI=1S/4CH3.2Cu.2H3P/h4*1H3;;;2*1H3/q4*-1;;+1;;. The molecule has 0 aromatic carbocycles. The summed E-state index contributed by atoms with van der Waals surface area (Å²) < 4.78 is 0. The Morgan fingerprint density at radius 2 is 0.500 bits per heavy atom. The molecule has 2 unspecified atom stereocenters. The maximum atomic E-state index is 0. The smallest absolute Gasteiger partial charge is 0.358 e. The summed E-state index contributed by atoms with van der Waals surface area (Å²) in [7, 11) is 0. The first-order valence-electron chi connectivity index (χ1n) is 0. The van der Waals surface area contributed by atoms with Crippen molar-refractivity contribution in [3.05, 3.63) is 29.7 Å². The molecule has 0 amide bonds. The van der Waals surface area contributed by atoms with Gasteiger partial charge in [0.1, 0.15) is 0 Å². The van der Waals surface area contributed by atoms with Gasteiger partial charge in [0, 0.05) is 17.1 Å².